The van der Waals surface area contributed by atoms with Crippen molar-refractivity contribution in [3.8, 4) is 17.0 Å². The van der Waals surface area contributed by atoms with Crippen molar-refractivity contribution in [2.45, 2.75) is 0 Å². The molecule has 7 heteroatoms. The molecule has 0 atom stereocenters. The molecule has 0 radical (unpaired) electrons. The van der Waals surface area contributed by atoms with E-state index in [0.29, 0.717) is 21.6 Å². The molecule has 0 saturated carbocycles. The highest BCUT2D eigenvalue weighted by Crippen LogP contribution is 2.25. The second kappa shape index (κ2) is 7.33. The number of ether oxygens (including phenoxy) is 1. The first-order chi connectivity index (χ1) is 11.6. The highest BCUT2D eigenvalue weighted by atomic mass is 35.5. The zero-order valence-electron chi connectivity index (χ0n) is 12.5. The Bertz CT molecular complexity index is 832. The van der Waals surface area contributed by atoms with Crippen LogP contribution in [0.1, 0.15) is 0 Å². The van der Waals surface area contributed by atoms with Gasteiger partial charge in [-0.3, -0.25) is 10.1 Å². The number of hydrogen-bond acceptors (Lipinski definition) is 5. The Morgan fingerprint density at radius 3 is 2.58 bits per heavy atom. The van der Waals surface area contributed by atoms with Crippen LogP contribution in [0.15, 0.2) is 53.9 Å². The Morgan fingerprint density at radius 1 is 1.17 bits per heavy atom. The van der Waals surface area contributed by atoms with Gasteiger partial charge in [-0.25, -0.2) is 4.98 Å². The Labute approximate surface area is 148 Å². The number of benzene rings is 2. The van der Waals surface area contributed by atoms with E-state index in [2.05, 4.69) is 10.3 Å². The van der Waals surface area contributed by atoms with Crippen LogP contribution in [0.4, 0.5) is 10.8 Å². The molecule has 3 rings (SSSR count). The van der Waals surface area contributed by atoms with Gasteiger partial charge in [-0.15, -0.1) is 11.3 Å². The summed E-state index contributed by atoms with van der Waals surface area (Å²) in [6.07, 6.45) is 0. The van der Waals surface area contributed by atoms with Crippen molar-refractivity contribution in [1.29, 1.82) is 0 Å². The van der Waals surface area contributed by atoms with E-state index in [1.165, 1.54) is 11.3 Å². The molecule has 0 unspecified atom stereocenters. The van der Waals surface area contributed by atoms with Crippen molar-refractivity contribution in [3.05, 3.63) is 58.9 Å². The third-order valence-electron chi connectivity index (χ3n) is 3.14. The molecule has 0 aliphatic rings. The van der Waals surface area contributed by atoms with Crippen LogP contribution in [0, 0.1) is 0 Å². The number of hydrogen-bond donors (Lipinski definition) is 2. The molecular formula is C17H14ClN3O2S. The first-order valence-electron chi connectivity index (χ1n) is 7.10. The van der Waals surface area contributed by atoms with Crippen molar-refractivity contribution >= 4 is 39.7 Å². The van der Waals surface area contributed by atoms with Gasteiger partial charge in [0, 0.05) is 21.7 Å². The largest absolute Gasteiger partial charge is 0.484 e. The van der Waals surface area contributed by atoms with Crippen LogP contribution in [0.3, 0.4) is 0 Å². The standard InChI is InChI=1S/C17H14ClN3O2S/c18-12-3-7-14(8-4-12)23-9-16(22)21-17-20-15(10-24-17)11-1-5-13(19)6-2-11/h1-8,10H,9,19H2,(H,20,21,22). The van der Waals surface area contributed by atoms with Gasteiger partial charge in [-0.2, -0.15) is 0 Å². The van der Waals surface area contributed by atoms with Gasteiger partial charge in [-0.1, -0.05) is 23.7 Å². The molecule has 0 fully saturated rings. The molecule has 2 aromatic carbocycles. The van der Waals surface area contributed by atoms with Crippen molar-refractivity contribution < 1.29 is 9.53 Å². The maximum absolute atomic E-state index is 11.9. The van der Waals surface area contributed by atoms with Gasteiger partial charge in [0.2, 0.25) is 0 Å². The highest BCUT2D eigenvalue weighted by Gasteiger charge is 2.09. The second-order valence-electron chi connectivity index (χ2n) is 4.95. The molecule has 0 saturated heterocycles. The van der Waals surface area contributed by atoms with Gasteiger partial charge in [0.1, 0.15) is 5.75 Å². The van der Waals surface area contributed by atoms with Crippen LogP contribution in [-0.2, 0) is 4.79 Å². The third kappa shape index (κ3) is 4.24. The van der Waals surface area contributed by atoms with Crippen molar-refractivity contribution in [3.63, 3.8) is 0 Å². The lowest BCUT2D eigenvalue weighted by Crippen LogP contribution is -2.20. The van der Waals surface area contributed by atoms with Crippen LogP contribution in [0.2, 0.25) is 5.02 Å². The maximum Gasteiger partial charge on any atom is 0.264 e. The van der Waals surface area contributed by atoms with Crippen molar-refractivity contribution in [1.82, 2.24) is 4.98 Å². The summed E-state index contributed by atoms with van der Waals surface area (Å²) in [4.78, 5) is 16.3. The maximum atomic E-state index is 11.9. The van der Waals surface area contributed by atoms with Crippen molar-refractivity contribution in [2.75, 3.05) is 17.7 Å². The van der Waals surface area contributed by atoms with Gasteiger partial charge in [-0.05, 0) is 36.4 Å². The number of thiazole rings is 1. The van der Waals surface area contributed by atoms with Crippen LogP contribution in [0.5, 0.6) is 5.75 Å². The Morgan fingerprint density at radius 2 is 1.88 bits per heavy atom. The molecule has 3 aromatic rings. The quantitative estimate of drug-likeness (QED) is 0.673. The normalized spacial score (nSPS) is 10.4. The summed E-state index contributed by atoms with van der Waals surface area (Å²) < 4.78 is 5.39. The molecule has 122 valence electrons. The first kappa shape index (κ1) is 16.3. The third-order valence-corrected chi connectivity index (χ3v) is 4.15. The van der Waals surface area contributed by atoms with E-state index >= 15 is 0 Å². The summed E-state index contributed by atoms with van der Waals surface area (Å²) in [7, 11) is 0. The number of aromatic nitrogens is 1. The summed E-state index contributed by atoms with van der Waals surface area (Å²) in [6, 6.07) is 14.2. The number of nitrogens with two attached hydrogens (primary N) is 1. The van der Waals surface area contributed by atoms with Crippen LogP contribution in [0.25, 0.3) is 11.3 Å². The molecule has 1 heterocycles. The van der Waals surface area contributed by atoms with E-state index < -0.39 is 0 Å². The van der Waals surface area contributed by atoms with E-state index in [4.69, 9.17) is 22.1 Å². The van der Waals surface area contributed by atoms with Crippen molar-refractivity contribution in [2.24, 2.45) is 0 Å². The predicted octanol–water partition coefficient (Wildman–Crippen LogP) is 4.06. The average molecular weight is 360 g/mol. The number of amides is 1. The molecule has 1 aromatic heterocycles. The molecule has 0 spiro atoms. The molecule has 0 aliphatic carbocycles. The number of rotatable bonds is 5. The number of nitrogens with one attached hydrogen (secondary N) is 1. The molecule has 5 nitrogen and oxygen atoms in total. The van der Waals surface area contributed by atoms with Gasteiger partial charge in [0.15, 0.2) is 11.7 Å². The van der Waals surface area contributed by atoms with E-state index in [1.807, 2.05) is 29.6 Å². The smallest absolute Gasteiger partial charge is 0.264 e. The zero-order valence-corrected chi connectivity index (χ0v) is 14.1. The number of halogens is 1. The fourth-order valence-corrected chi connectivity index (χ4v) is 2.81. The number of nitrogens with zero attached hydrogens (tertiary/aromatic N) is 1. The Kier molecular flexibility index (Phi) is 4.98. The van der Waals surface area contributed by atoms with Gasteiger partial charge < -0.3 is 10.5 Å². The monoisotopic (exact) mass is 359 g/mol. The topological polar surface area (TPSA) is 77.2 Å². The molecule has 0 aliphatic heterocycles. The fourth-order valence-electron chi connectivity index (χ4n) is 1.95. The molecule has 24 heavy (non-hydrogen) atoms. The second-order valence-corrected chi connectivity index (χ2v) is 6.25. The highest BCUT2D eigenvalue weighted by molar-refractivity contribution is 7.14. The average Bonchev–Trinajstić information content (AvgIpc) is 3.03. The lowest BCUT2D eigenvalue weighted by molar-refractivity contribution is -0.118. The number of nitrogen functional groups attached to an aromatic ring is 1. The minimum absolute atomic E-state index is 0.0988. The Hall–Kier alpha value is -2.57. The molecule has 3 N–H and O–H groups in total. The van der Waals surface area contributed by atoms with Crippen LogP contribution in [-0.4, -0.2) is 17.5 Å². The minimum atomic E-state index is -0.275. The van der Waals surface area contributed by atoms with E-state index in [9.17, 15) is 4.79 Å². The van der Waals surface area contributed by atoms with E-state index in [0.717, 1.165) is 11.3 Å². The Balaban J connectivity index is 1.57. The van der Waals surface area contributed by atoms with E-state index in [1.54, 1.807) is 24.3 Å². The molecule has 1 amide bonds. The number of anilines is 2. The van der Waals surface area contributed by atoms with Crippen LogP contribution < -0.4 is 15.8 Å². The lowest BCUT2D eigenvalue weighted by atomic mass is 10.1. The minimum Gasteiger partial charge on any atom is -0.484 e. The van der Waals surface area contributed by atoms with Gasteiger partial charge >= 0.3 is 0 Å². The van der Waals surface area contributed by atoms with E-state index in [-0.39, 0.29) is 12.5 Å². The summed E-state index contributed by atoms with van der Waals surface area (Å²) in [5.41, 5.74) is 8.09. The number of carbonyl (C=O) groups is 1. The number of carbonyl (C=O) groups excluding carboxylic acids is 1. The zero-order chi connectivity index (χ0) is 16.9. The summed E-state index contributed by atoms with van der Waals surface area (Å²) in [6.45, 7) is -0.0988. The molecular weight excluding hydrogens is 346 g/mol. The summed E-state index contributed by atoms with van der Waals surface area (Å²) >= 11 is 7.15. The summed E-state index contributed by atoms with van der Waals surface area (Å²) in [5, 5.41) is 5.73. The first-order valence-corrected chi connectivity index (χ1v) is 8.35. The van der Waals surface area contributed by atoms with Gasteiger partial charge in [0.05, 0.1) is 5.69 Å². The lowest BCUT2D eigenvalue weighted by Gasteiger charge is -2.05. The van der Waals surface area contributed by atoms with Gasteiger partial charge in [0.25, 0.3) is 5.91 Å². The molecule has 0 bridgehead atoms. The summed E-state index contributed by atoms with van der Waals surface area (Å²) in [5.74, 6) is 0.305. The fraction of sp³-hybridized carbons (Fsp3) is 0.0588. The predicted molar refractivity (Wildman–Crippen MR) is 97.5 cm³/mol. The SMILES string of the molecule is Nc1ccc(-c2csc(NC(=O)COc3ccc(Cl)cc3)n2)cc1. The van der Waals surface area contributed by atoms with Crippen LogP contribution >= 0.6 is 22.9 Å².